The summed E-state index contributed by atoms with van der Waals surface area (Å²) in [6, 6.07) is 3.93. The summed E-state index contributed by atoms with van der Waals surface area (Å²) in [5, 5.41) is 12.3. The van der Waals surface area contributed by atoms with Gasteiger partial charge in [-0.3, -0.25) is 0 Å². The SMILES string of the molecule is O=C(O)c1cc(F)ccc1NC1CCOC1C1CC1. The van der Waals surface area contributed by atoms with E-state index in [0.29, 0.717) is 18.2 Å². The molecule has 2 unspecified atom stereocenters. The zero-order valence-electron chi connectivity index (χ0n) is 10.4. The molecule has 2 N–H and O–H groups in total. The smallest absolute Gasteiger partial charge is 0.337 e. The predicted molar refractivity (Wildman–Crippen MR) is 67.9 cm³/mol. The molecule has 1 saturated carbocycles. The van der Waals surface area contributed by atoms with Gasteiger partial charge in [-0.1, -0.05) is 0 Å². The van der Waals surface area contributed by atoms with Crippen molar-refractivity contribution in [3.63, 3.8) is 0 Å². The van der Waals surface area contributed by atoms with E-state index < -0.39 is 11.8 Å². The zero-order valence-corrected chi connectivity index (χ0v) is 10.4. The van der Waals surface area contributed by atoms with E-state index in [0.717, 1.165) is 12.5 Å². The van der Waals surface area contributed by atoms with Crippen LogP contribution in [0.4, 0.5) is 10.1 Å². The molecule has 2 aliphatic rings. The number of nitrogens with one attached hydrogen (secondary N) is 1. The number of halogens is 1. The van der Waals surface area contributed by atoms with E-state index in [1.54, 1.807) is 0 Å². The molecule has 1 aliphatic carbocycles. The molecule has 5 heteroatoms. The van der Waals surface area contributed by atoms with Crippen LogP contribution < -0.4 is 5.32 Å². The van der Waals surface area contributed by atoms with Gasteiger partial charge in [0.05, 0.1) is 17.7 Å². The van der Waals surface area contributed by atoms with Crippen LogP contribution in [0.5, 0.6) is 0 Å². The lowest BCUT2D eigenvalue weighted by Crippen LogP contribution is -2.31. The van der Waals surface area contributed by atoms with Crippen molar-refractivity contribution in [2.75, 3.05) is 11.9 Å². The van der Waals surface area contributed by atoms with Gasteiger partial charge in [-0.15, -0.1) is 0 Å². The van der Waals surface area contributed by atoms with E-state index in [9.17, 15) is 9.18 Å². The van der Waals surface area contributed by atoms with Gasteiger partial charge in [-0.25, -0.2) is 9.18 Å². The summed E-state index contributed by atoms with van der Waals surface area (Å²) in [6.07, 6.45) is 3.37. The van der Waals surface area contributed by atoms with Crippen molar-refractivity contribution in [2.24, 2.45) is 5.92 Å². The molecule has 0 spiro atoms. The lowest BCUT2D eigenvalue weighted by atomic mass is 10.0. The summed E-state index contributed by atoms with van der Waals surface area (Å²) in [7, 11) is 0. The van der Waals surface area contributed by atoms with Crippen molar-refractivity contribution < 1.29 is 19.0 Å². The summed E-state index contributed by atoms with van der Waals surface area (Å²) >= 11 is 0. The third-order valence-electron chi connectivity index (χ3n) is 3.78. The van der Waals surface area contributed by atoms with Crippen molar-refractivity contribution >= 4 is 11.7 Å². The first-order valence-electron chi connectivity index (χ1n) is 6.56. The van der Waals surface area contributed by atoms with Crippen LogP contribution in [0.15, 0.2) is 18.2 Å². The standard InChI is InChI=1S/C14H16FNO3/c15-9-3-4-11(10(7-9)14(17)18)16-12-5-6-19-13(12)8-1-2-8/h3-4,7-8,12-13,16H,1-2,5-6H2,(H,17,18). The molecule has 1 saturated heterocycles. The van der Waals surface area contributed by atoms with Crippen LogP contribution in [0.1, 0.15) is 29.6 Å². The number of carboxylic acid groups (broad SMARTS) is 1. The lowest BCUT2D eigenvalue weighted by molar-refractivity contribution is 0.0696. The minimum absolute atomic E-state index is 0.0264. The van der Waals surface area contributed by atoms with Crippen molar-refractivity contribution in [2.45, 2.75) is 31.4 Å². The normalized spacial score (nSPS) is 26.4. The molecule has 2 fully saturated rings. The van der Waals surface area contributed by atoms with Gasteiger partial charge in [-0.05, 0) is 43.4 Å². The number of carbonyl (C=O) groups is 1. The summed E-state index contributed by atoms with van der Waals surface area (Å²) < 4.78 is 18.8. The van der Waals surface area contributed by atoms with Crippen molar-refractivity contribution in [3.05, 3.63) is 29.6 Å². The third kappa shape index (κ3) is 2.56. The number of benzene rings is 1. The van der Waals surface area contributed by atoms with E-state index in [1.807, 2.05) is 0 Å². The number of ether oxygens (including phenoxy) is 1. The fourth-order valence-electron chi connectivity index (χ4n) is 2.67. The molecule has 19 heavy (non-hydrogen) atoms. The largest absolute Gasteiger partial charge is 0.478 e. The van der Waals surface area contributed by atoms with E-state index in [2.05, 4.69) is 5.32 Å². The predicted octanol–water partition coefficient (Wildman–Crippen LogP) is 2.50. The fourth-order valence-corrected chi connectivity index (χ4v) is 2.67. The van der Waals surface area contributed by atoms with E-state index in [4.69, 9.17) is 9.84 Å². The number of rotatable bonds is 4. The molecule has 0 aromatic heterocycles. The monoisotopic (exact) mass is 265 g/mol. The third-order valence-corrected chi connectivity index (χ3v) is 3.78. The highest BCUT2D eigenvalue weighted by molar-refractivity contribution is 5.94. The van der Waals surface area contributed by atoms with Crippen LogP contribution in [0.3, 0.4) is 0 Å². The Morgan fingerprint density at radius 1 is 1.37 bits per heavy atom. The topological polar surface area (TPSA) is 58.6 Å². The minimum Gasteiger partial charge on any atom is -0.478 e. The summed E-state index contributed by atoms with van der Waals surface area (Å²) in [6.45, 7) is 0.697. The minimum atomic E-state index is -1.12. The maximum atomic E-state index is 13.1. The number of aromatic carboxylic acids is 1. The molecular formula is C14H16FNO3. The highest BCUT2D eigenvalue weighted by Crippen LogP contribution is 2.39. The molecule has 0 bridgehead atoms. The van der Waals surface area contributed by atoms with Gasteiger partial charge in [0, 0.05) is 12.3 Å². The molecule has 1 heterocycles. The number of anilines is 1. The molecule has 1 aromatic rings. The van der Waals surface area contributed by atoms with E-state index >= 15 is 0 Å². The summed E-state index contributed by atoms with van der Waals surface area (Å²) in [5.74, 6) is -1.07. The van der Waals surface area contributed by atoms with Crippen LogP contribution in [0, 0.1) is 11.7 Å². The van der Waals surface area contributed by atoms with Gasteiger partial charge in [0.15, 0.2) is 0 Å². The molecule has 3 rings (SSSR count). The molecule has 1 aliphatic heterocycles. The molecule has 2 atom stereocenters. The van der Waals surface area contributed by atoms with Crippen molar-refractivity contribution in [1.29, 1.82) is 0 Å². The van der Waals surface area contributed by atoms with Gasteiger partial charge in [0.25, 0.3) is 0 Å². The van der Waals surface area contributed by atoms with E-state index in [1.165, 1.54) is 25.0 Å². The number of hydrogen-bond acceptors (Lipinski definition) is 3. The zero-order chi connectivity index (χ0) is 13.4. The van der Waals surface area contributed by atoms with Crippen LogP contribution in [-0.2, 0) is 4.74 Å². The van der Waals surface area contributed by atoms with Gasteiger partial charge in [0.1, 0.15) is 5.82 Å². The van der Waals surface area contributed by atoms with Crippen LogP contribution >= 0.6 is 0 Å². The molecular weight excluding hydrogens is 249 g/mol. The Morgan fingerprint density at radius 2 is 2.16 bits per heavy atom. The molecule has 0 radical (unpaired) electrons. The lowest BCUT2D eigenvalue weighted by Gasteiger charge is -2.21. The van der Waals surface area contributed by atoms with Crippen LogP contribution in [0.2, 0.25) is 0 Å². The molecule has 4 nitrogen and oxygen atoms in total. The maximum absolute atomic E-state index is 13.1. The van der Waals surface area contributed by atoms with Gasteiger partial charge >= 0.3 is 5.97 Å². The van der Waals surface area contributed by atoms with Crippen molar-refractivity contribution in [3.8, 4) is 0 Å². The Balaban J connectivity index is 1.80. The molecule has 102 valence electrons. The average Bonchev–Trinajstić information content (AvgIpc) is 3.12. The number of hydrogen-bond donors (Lipinski definition) is 2. The maximum Gasteiger partial charge on any atom is 0.337 e. The van der Waals surface area contributed by atoms with Gasteiger partial charge in [-0.2, -0.15) is 0 Å². The average molecular weight is 265 g/mol. The summed E-state index contributed by atoms with van der Waals surface area (Å²) in [5.41, 5.74) is 0.441. The van der Waals surface area contributed by atoms with Crippen LogP contribution in [0.25, 0.3) is 0 Å². The van der Waals surface area contributed by atoms with E-state index in [-0.39, 0.29) is 17.7 Å². The summed E-state index contributed by atoms with van der Waals surface area (Å²) in [4.78, 5) is 11.1. The van der Waals surface area contributed by atoms with Gasteiger partial charge < -0.3 is 15.2 Å². The quantitative estimate of drug-likeness (QED) is 0.878. The van der Waals surface area contributed by atoms with Crippen molar-refractivity contribution in [1.82, 2.24) is 0 Å². The fraction of sp³-hybridized carbons (Fsp3) is 0.500. The molecule has 1 aromatic carbocycles. The second-order valence-electron chi connectivity index (χ2n) is 5.21. The second kappa shape index (κ2) is 4.81. The molecule has 0 amide bonds. The first-order chi connectivity index (χ1) is 9.15. The highest BCUT2D eigenvalue weighted by Gasteiger charge is 2.40. The second-order valence-corrected chi connectivity index (χ2v) is 5.21. The Hall–Kier alpha value is -1.62. The van der Waals surface area contributed by atoms with Gasteiger partial charge in [0.2, 0.25) is 0 Å². The van der Waals surface area contributed by atoms with Crippen LogP contribution in [-0.4, -0.2) is 29.8 Å². The Morgan fingerprint density at radius 3 is 2.84 bits per heavy atom. The Labute approximate surface area is 110 Å². The Kier molecular flexibility index (Phi) is 3.14. The Bertz CT molecular complexity index is 501. The first-order valence-corrected chi connectivity index (χ1v) is 6.56. The first kappa shape index (κ1) is 12.4. The number of carboxylic acids is 1. The highest BCUT2D eigenvalue weighted by atomic mass is 19.1.